The zero-order valence-electron chi connectivity index (χ0n) is 13.2. The van der Waals surface area contributed by atoms with Crippen molar-refractivity contribution in [1.82, 2.24) is 0 Å². The molecule has 2 rings (SSSR count). The smallest absolute Gasteiger partial charge is 0.243 e. The van der Waals surface area contributed by atoms with Gasteiger partial charge in [0.25, 0.3) is 0 Å². The van der Waals surface area contributed by atoms with Gasteiger partial charge < -0.3 is 15.4 Å². The second-order valence-electron chi connectivity index (χ2n) is 5.38. The number of ether oxygens (including phenoxy) is 1. The highest BCUT2D eigenvalue weighted by molar-refractivity contribution is 5.94. The van der Waals surface area contributed by atoms with E-state index >= 15 is 0 Å². The molecule has 22 heavy (non-hydrogen) atoms. The Bertz CT molecular complexity index is 638. The van der Waals surface area contributed by atoms with Crippen LogP contribution < -0.4 is 15.4 Å². The third-order valence-electron chi connectivity index (χ3n) is 3.38. The van der Waals surface area contributed by atoms with Gasteiger partial charge in [-0.25, -0.2) is 0 Å². The number of hydrogen-bond acceptors (Lipinski definition) is 3. The van der Waals surface area contributed by atoms with E-state index in [1.54, 1.807) is 7.11 Å². The van der Waals surface area contributed by atoms with Gasteiger partial charge in [-0.2, -0.15) is 0 Å². The molecule has 0 aromatic heterocycles. The molecule has 2 N–H and O–H groups in total. The number of benzene rings is 2. The summed E-state index contributed by atoms with van der Waals surface area (Å²) < 4.78 is 5.16. The van der Waals surface area contributed by atoms with Gasteiger partial charge in [0, 0.05) is 17.4 Å². The van der Waals surface area contributed by atoms with Crippen molar-refractivity contribution >= 4 is 17.3 Å². The molecule has 4 nitrogen and oxygen atoms in total. The van der Waals surface area contributed by atoms with Crippen LogP contribution in [-0.4, -0.2) is 19.6 Å². The Morgan fingerprint density at radius 2 is 1.91 bits per heavy atom. The van der Waals surface area contributed by atoms with Crippen LogP contribution in [0.3, 0.4) is 0 Å². The van der Waals surface area contributed by atoms with Crippen molar-refractivity contribution in [3.63, 3.8) is 0 Å². The lowest BCUT2D eigenvalue weighted by atomic mass is 10.0. The van der Waals surface area contributed by atoms with Crippen molar-refractivity contribution < 1.29 is 9.53 Å². The van der Waals surface area contributed by atoms with Gasteiger partial charge in [-0.3, -0.25) is 4.79 Å². The number of amides is 1. The number of methoxy groups -OCH3 is 1. The van der Waals surface area contributed by atoms with Gasteiger partial charge in [0.1, 0.15) is 5.75 Å². The number of nitrogens with one attached hydrogen (secondary N) is 2. The largest absolute Gasteiger partial charge is 0.497 e. The van der Waals surface area contributed by atoms with E-state index < -0.39 is 0 Å². The maximum Gasteiger partial charge on any atom is 0.243 e. The summed E-state index contributed by atoms with van der Waals surface area (Å²) in [4.78, 5) is 12.1. The highest BCUT2D eigenvalue weighted by Crippen LogP contribution is 2.23. The predicted octanol–water partition coefficient (Wildman–Crippen LogP) is 3.87. The van der Waals surface area contributed by atoms with E-state index in [9.17, 15) is 4.79 Å². The number of carbonyl (C=O) groups excluding carboxylic acids is 1. The minimum atomic E-state index is -0.0732. The van der Waals surface area contributed by atoms with Crippen molar-refractivity contribution in [2.45, 2.75) is 19.8 Å². The van der Waals surface area contributed by atoms with Crippen molar-refractivity contribution in [2.75, 3.05) is 24.3 Å². The van der Waals surface area contributed by atoms with Crippen LogP contribution in [0, 0.1) is 0 Å². The van der Waals surface area contributed by atoms with E-state index in [0.717, 1.165) is 22.7 Å². The van der Waals surface area contributed by atoms with Crippen LogP contribution >= 0.6 is 0 Å². The van der Waals surface area contributed by atoms with Crippen LogP contribution in [0.15, 0.2) is 48.5 Å². The summed E-state index contributed by atoms with van der Waals surface area (Å²) in [6.07, 6.45) is 0. The Morgan fingerprint density at radius 3 is 2.64 bits per heavy atom. The van der Waals surface area contributed by atoms with Crippen LogP contribution in [0.1, 0.15) is 25.3 Å². The maximum absolute atomic E-state index is 12.1. The van der Waals surface area contributed by atoms with Gasteiger partial charge >= 0.3 is 0 Å². The number of hydrogen-bond donors (Lipinski definition) is 2. The number of carbonyl (C=O) groups is 1. The summed E-state index contributed by atoms with van der Waals surface area (Å²) in [7, 11) is 1.62. The number of para-hydroxylation sites is 1. The molecule has 0 bridgehead atoms. The molecular weight excluding hydrogens is 276 g/mol. The monoisotopic (exact) mass is 298 g/mol. The molecule has 0 spiro atoms. The average Bonchev–Trinajstić information content (AvgIpc) is 2.53. The molecule has 0 aliphatic heterocycles. The van der Waals surface area contributed by atoms with E-state index in [0.29, 0.717) is 5.92 Å². The van der Waals surface area contributed by atoms with E-state index in [4.69, 9.17) is 4.74 Å². The average molecular weight is 298 g/mol. The Hall–Kier alpha value is -2.49. The summed E-state index contributed by atoms with van der Waals surface area (Å²) in [5.41, 5.74) is 2.86. The lowest BCUT2D eigenvalue weighted by molar-refractivity contribution is -0.114. The second-order valence-corrected chi connectivity index (χ2v) is 5.38. The Balaban J connectivity index is 1.96. The summed E-state index contributed by atoms with van der Waals surface area (Å²) in [6.45, 7) is 4.43. The lowest BCUT2D eigenvalue weighted by Gasteiger charge is -2.14. The molecule has 0 fully saturated rings. The van der Waals surface area contributed by atoms with Gasteiger partial charge in [0.2, 0.25) is 5.91 Å². The summed E-state index contributed by atoms with van der Waals surface area (Å²) in [6, 6.07) is 15.4. The van der Waals surface area contributed by atoms with Crippen LogP contribution in [0.2, 0.25) is 0 Å². The first kappa shape index (κ1) is 15.9. The first-order chi connectivity index (χ1) is 10.6. The summed E-state index contributed by atoms with van der Waals surface area (Å²) in [5.74, 6) is 1.05. The molecule has 116 valence electrons. The minimum Gasteiger partial charge on any atom is -0.497 e. The fraction of sp³-hybridized carbons (Fsp3) is 0.278. The molecule has 0 heterocycles. The number of rotatable bonds is 6. The molecule has 0 aliphatic rings. The maximum atomic E-state index is 12.1. The standard InChI is InChI=1S/C18H22N2O2/c1-13(2)16-9-4-5-10-17(16)20-18(21)12-19-14-7-6-8-15(11-14)22-3/h4-11,13,19H,12H2,1-3H3,(H,20,21). The molecule has 4 heteroatoms. The van der Waals surface area contributed by atoms with Crippen LogP contribution in [0.25, 0.3) is 0 Å². The van der Waals surface area contributed by atoms with Crippen molar-refractivity contribution in [3.8, 4) is 5.75 Å². The molecule has 0 saturated carbocycles. The third kappa shape index (κ3) is 4.25. The van der Waals surface area contributed by atoms with Crippen LogP contribution in [0.4, 0.5) is 11.4 Å². The van der Waals surface area contributed by atoms with Crippen molar-refractivity contribution in [2.24, 2.45) is 0 Å². The van der Waals surface area contributed by atoms with Crippen molar-refractivity contribution in [1.29, 1.82) is 0 Å². The summed E-state index contributed by atoms with van der Waals surface area (Å²) in [5, 5.41) is 6.05. The zero-order valence-corrected chi connectivity index (χ0v) is 13.2. The quantitative estimate of drug-likeness (QED) is 0.851. The molecule has 0 saturated heterocycles. The Kier molecular flexibility index (Phi) is 5.42. The first-order valence-electron chi connectivity index (χ1n) is 7.37. The zero-order chi connectivity index (χ0) is 15.9. The molecule has 2 aromatic rings. The topological polar surface area (TPSA) is 50.4 Å². The normalized spacial score (nSPS) is 10.4. The molecule has 2 aromatic carbocycles. The highest BCUT2D eigenvalue weighted by Gasteiger charge is 2.09. The Labute approximate surface area is 131 Å². The fourth-order valence-electron chi connectivity index (χ4n) is 2.22. The van der Waals surface area contributed by atoms with Crippen molar-refractivity contribution in [3.05, 3.63) is 54.1 Å². The van der Waals surface area contributed by atoms with Gasteiger partial charge in [-0.1, -0.05) is 38.1 Å². The van der Waals surface area contributed by atoms with Gasteiger partial charge in [0.15, 0.2) is 0 Å². The predicted molar refractivity (Wildman–Crippen MR) is 90.6 cm³/mol. The van der Waals surface area contributed by atoms with Gasteiger partial charge in [-0.05, 0) is 29.7 Å². The molecule has 0 radical (unpaired) electrons. The lowest BCUT2D eigenvalue weighted by Crippen LogP contribution is -2.22. The minimum absolute atomic E-state index is 0.0732. The van der Waals surface area contributed by atoms with Gasteiger partial charge in [-0.15, -0.1) is 0 Å². The highest BCUT2D eigenvalue weighted by atomic mass is 16.5. The molecule has 0 atom stereocenters. The van der Waals surface area contributed by atoms with Crippen LogP contribution in [-0.2, 0) is 4.79 Å². The van der Waals surface area contributed by atoms with E-state index in [2.05, 4.69) is 24.5 Å². The molecular formula is C18H22N2O2. The molecule has 0 unspecified atom stereocenters. The first-order valence-corrected chi connectivity index (χ1v) is 7.37. The van der Waals surface area contributed by atoms with Crippen LogP contribution in [0.5, 0.6) is 5.75 Å². The van der Waals surface area contributed by atoms with E-state index in [1.807, 2.05) is 48.5 Å². The third-order valence-corrected chi connectivity index (χ3v) is 3.38. The van der Waals surface area contributed by atoms with E-state index in [1.165, 1.54) is 0 Å². The molecule has 0 aliphatic carbocycles. The second kappa shape index (κ2) is 7.50. The Morgan fingerprint density at radius 1 is 1.14 bits per heavy atom. The molecule has 1 amide bonds. The number of anilines is 2. The van der Waals surface area contributed by atoms with Gasteiger partial charge in [0.05, 0.1) is 13.7 Å². The summed E-state index contributed by atoms with van der Waals surface area (Å²) >= 11 is 0. The van der Waals surface area contributed by atoms with E-state index in [-0.39, 0.29) is 12.5 Å². The fourth-order valence-corrected chi connectivity index (χ4v) is 2.22. The SMILES string of the molecule is COc1cccc(NCC(=O)Nc2ccccc2C(C)C)c1.